The number of ether oxygens (including phenoxy) is 6. The second kappa shape index (κ2) is 31.8. The van der Waals surface area contributed by atoms with Crippen molar-refractivity contribution in [2.24, 2.45) is 35.5 Å². The molecule has 6 aliphatic rings. The van der Waals surface area contributed by atoms with Gasteiger partial charge in [0.2, 0.25) is 17.7 Å². The number of aryl methyl sites for hydroxylation is 1. The minimum Gasteiger partial charge on any atom is -0.460 e. The number of ketones is 3. The number of Topliss-reactive ketones (excluding diaryl/α,β-unsaturated/α-hetero) is 3. The molecule has 2 amide bonds. The van der Waals surface area contributed by atoms with Crippen LogP contribution in [0.1, 0.15) is 142 Å². The van der Waals surface area contributed by atoms with Crippen LogP contribution in [0.2, 0.25) is 0 Å². The highest BCUT2D eigenvalue weighted by Crippen LogP contribution is 2.39. The molecular formula is C68H98N8O14. The van der Waals surface area contributed by atoms with E-state index in [0.717, 1.165) is 48.6 Å². The minimum atomic E-state index is -2.47. The van der Waals surface area contributed by atoms with Crippen LogP contribution in [0, 0.1) is 42.4 Å². The molecule has 0 radical (unpaired) electrons. The van der Waals surface area contributed by atoms with Crippen molar-refractivity contribution in [1.82, 2.24) is 29.7 Å². The summed E-state index contributed by atoms with van der Waals surface area (Å²) < 4.78 is 36.4. The first-order valence-electron chi connectivity index (χ1n) is 32.6. The van der Waals surface area contributed by atoms with Crippen LogP contribution in [0.15, 0.2) is 66.2 Å². The molecule has 2 N–H and O–H groups in total. The molecule has 22 nitrogen and oxygen atoms in total. The van der Waals surface area contributed by atoms with Crippen LogP contribution in [0.4, 0.5) is 16.7 Å². The number of hydrogen-bond donors (Lipinski definition) is 2. The summed E-state index contributed by atoms with van der Waals surface area (Å²) in [6.45, 7) is 18.3. The molecule has 0 spiro atoms. The number of aliphatic hydroxyl groups excluding tert-OH is 1. The average molecular weight is 1250 g/mol. The first-order chi connectivity index (χ1) is 43.0. The third-order valence-corrected chi connectivity index (χ3v) is 19.5. The number of anilines is 2. The van der Waals surface area contributed by atoms with Crippen molar-refractivity contribution < 1.29 is 67.4 Å². The maximum atomic E-state index is 14.8. The van der Waals surface area contributed by atoms with Gasteiger partial charge in [0.25, 0.3) is 11.7 Å². The normalized spacial score (nSPS) is 33.3. The number of hydrogen-bond acceptors (Lipinski definition) is 20. The van der Waals surface area contributed by atoms with E-state index in [1.54, 1.807) is 52.2 Å². The summed E-state index contributed by atoms with van der Waals surface area (Å²) in [6.07, 6.45) is 15.9. The highest BCUT2D eigenvalue weighted by Gasteiger charge is 2.53. The summed E-state index contributed by atoms with van der Waals surface area (Å²) in [6, 6.07) is -1.19. The van der Waals surface area contributed by atoms with Crippen molar-refractivity contribution in [3.05, 3.63) is 83.0 Å². The van der Waals surface area contributed by atoms with Gasteiger partial charge in [-0.3, -0.25) is 19.2 Å². The number of esters is 1. The molecular weight excluding hydrogens is 1150 g/mol. The monoisotopic (exact) mass is 1250 g/mol. The minimum absolute atomic E-state index is 0.00145. The van der Waals surface area contributed by atoms with Gasteiger partial charge in [0, 0.05) is 122 Å². The number of piperidine rings is 1. The summed E-state index contributed by atoms with van der Waals surface area (Å²) in [4.78, 5) is 112. The van der Waals surface area contributed by atoms with E-state index < -0.39 is 102 Å². The van der Waals surface area contributed by atoms with Crippen LogP contribution in [0.5, 0.6) is 0 Å². The van der Waals surface area contributed by atoms with Gasteiger partial charge in [0.1, 0.15) is 36.2 Å². The highest BCUT2D eigenvalue weighted by molar-refractivity contribution is 6.39. The number of cyclic esters (lactones) is 1. The summed E-state index contributed by atoms with van der Waals surface area (Å²) >= 11 is 0. The van der Waals surface area contributed by atoms with E-state index in [1.165, 1.54) is 12.0 Å². The molecule has 494 valence electrons. The largest absolute Gasteiger partial charge is 0.460 e. The van der Waals surface area contributed by atoms with Crippen LogP contribution < -0.4 is 9.80 Å². The number of aromatic nitrogens is 4. The summed E-state index contributed by atoms with van der Waals surface area (Å²) in [7, 11) is 4.55. The molecule has 8 rings (SSSR count). The summed E-state index contributed by atoms with van der Waals surface area (Å²) in [5.41, 5.74) is 4.01. The topological polar surface area (TPSA) is 263 Å². The smallest absolute Gasteiger partial charge is 0.410 e. The molecule has 7 heterocycles. The molecule has 5 aliphatic heterocycles. The Balaban J connectivity index is 0.959. The van der Waals surface area contributed by atoms with Crippen LogP contribution in [0.3, 0.4) is 0 Å². The highest BCUT2D eigenvalue weighted by atomic mass is 16.6. The van der Waals surface area contributed by atoms with Crippen LogP contribution in [-0.2, 0) is 65.4 Å². The van der Waals surface area contributed by atoms with Gasteiger partial charge in [-0.15, -0.1) is 0 Å². The molecule has 90 heavy (non-hydrogen) atoms. The zero-order valence-corrected chi connectivity index (χ0v) is 54.8. The number of rotatable bonds is 9. The zero-order valence-electron chi connectivity index (χ0n) is 54.8. The van der Waals surface area contributed by atoms with Crippen molar-refractivity contribution in [3.8, 4) is 0 Å². The van der Waals surface area contributed by atoms with E-state index in [1.807, 2.05) is 77.4 Å². The van der Waals surface area contributed by atoms with Gasteiger partial charge in [-0.25, -0.2) is 29.5 Å². The second-order valence-electron chi connectivity index (χ2n) is 26.3. The molecule has 22 heteroatoms. The maximum Gasteiger partial charge on any atom is 0.410 e. The van der Waals surface area contributed by atoms with E-state index >= 15 is 0 Å². The lowest BCUT2D eigenvalue weighted by atomic mass is 9.78. The molecule has 2 bridgehead atoms. The quantitative estimate of drug-likeness (QED) is 0.139. The average Bonchev–Trinajstić information content (AvgIpc) is 1.00. The number of carbonyl (C=O) groups excluding carboxylic acids is 6. The fourth-order valence-corrected chi connectivity index (χ4v) is 13.7. The Labute approximate surface area is 531 Å². The number of methoxy groups -OCH3 is 3. The molecule has 1 aliphatic carbocycles. The van der Waals surface area contributed by atoms with Gasteiger partial charge in [0.15, 0.2) is 5.78 Å². The molecule has 3 saturated heterocycles. The molecule has 0 unspecified atom stereocenters. The lowest BCUT2D eigenvalue weighted by Crippen LogP contribution is -2.61. The van der Waals surface area contributed by atoms with E-state index in [9.17, 15) is 39.0 Å². The number of allylic oxidation sites excluding steroid dienone is 6. The van der Waals surface area contributed by atoms with Crippen LogP contribution >= 0.6 is 0 Å². The van der Waals surface area contributed by atoms with Gasteiger partial charge in [-0.2, -0.15) is 0 Å². The van der Waals surface area contributed by atoms with Gasteiger partial charge in [0.05, 0.1) is 30.6 Å². The van der Waals surface area contributed by atoms with Gasteiger partial charge in [-0.05, 0) is 119 Å². The van der Waals surface area contributed by atoms with E-state index in [0.29, 0.717) is 101 Å². The second-order valence-corrected chi connectivity index (χ2v) is 26.3. The van der Waals surface area contributed by atoms with Crippen molar-refractivity contribution >= 4 is 47.2 Å². The summed E-state index contributed by atoms with van der Waals surface area (Å²) in [5.74, 6) is -7.10. The Morgan fingerprint density at radius 3 is 2.19 bits per heavy atom. The third kappa shape index (κ3) is 17.2. The van der Waals surface area contributed by atoms with E-state index in [4.69, 9.17) is 38.4 Å². The fourth-order valence-electron chi connectivity index (χ4n) is 13.7. The molecule has 0 aromatic carbocycles. The molecule has 15 atom stereocenters. The lowest BCUT2D eigenvalue weighted by Gasteiger charge is -2.42. The maximum absolute atomic E-state index is 14.8. The number of carbonyl (C=O) groups is 6. The van der Waals surface area contributed by atoms with Gasteiger partial charge >= 0.3 is 12.1 Å². The Kier molecular flexibility index (Phi) is 24.6. The van der Waals surface area contributed by atoms with Crippen molar-refractivity contribution in [3.63, 3.8) is 0 Å². The summed E-state index contributed by atoms with van der Waals surface area (Å²) in [5, 5.41) is 23.8. The molecule has 2 aromatic heterocycles. The van der Waals surface area contributed by atoms with E-state index in [-0.39, 0.29) is 42.8 Å². The number of fused-ring (bicyclic) bond motifs is 4. The lowest BCUT2D eigenvalue weighted by molar-refractivity contribution is -0.265. The Hall–Kier alpha value is -6.30. The van der Waals surface area contributed by atoms with Crippen molar-refractivity contribution in [2.75, 3.05) is 70.4 Å². The SMILES string of the molecule is CO[C@H]1C[C@@H]2CC[C@@H](C)[C@@](O)(O2)C(=O)C(=O)N2CCCC[C@H]2C(=O)O[C@H]([C@H](C)C[C@@H]2CC[C@@H](OC(=O)N3CCc4nc(N5CCN(c6ncc(C)cn6)CC5)ncc4C3)[C@H](OC)C2)CC(=O)[C@H](C)/C=C(\C)[C@@H](O)[C@@H](OC)C(=O)[C@H](C)C[C@H](C)/C=C/C=CC=C1C. The van der Waals surface area contributed by atoms with Crippen LogP contribution in [-0.4, -0.2) is 190 Å². The first kappa shape index (κ1) is 69.6. The number of piperazine rings is 1. The van der Waals surface area contributed by atoms with Crippen molar-refractivity contribution in [1.29, 1.82) is 0 Å². The predicted molar refractivity (Wildman–Crippen MR) is 337 cm³/mol. The zero-order chi connectivity index (χ0) is 65.0. The van der Waals surface area contributed by atoms with Gasteiger partial charge in [-0.1, -0.05) is 71.1 Å². The van der Waals surface area contributed by atoms with E-state index in [2.05, 4.69) is 19.8 Å². The molecule has 2 aromatic rings. The Bertz CT molecular complexity index is 2950. The molecule has 1 saturated carbocycles. The predicted octanol–water partition coefficient (Wildman–Crippen LogP) is 7.60. The van der Waals surface area contributed by atoms with Crippen molar-refractivity contribution in [2.45, 2.75) is 200 Å². The Morgan fingerprint density at radius 2 is 1.49 bits per heavy atom. The molecule has 4 fully saturated rings. The fraction of sp³-hybridized carbons (Fsp3) is 0.676. The van der Waals surface area contributed by atoms with Crippen LogP contribution in [0.25, 0.3) is 0 Å². The standard InChI is InChI=1S/C68H98N8O14/c1-41-17-13-12-14-18-43(3)56(85-9)35-51-22-20-48(8)68(84,90-51)62(80)63(81)76-25-16-15-19-53(76)64(82)88-57(36-54(77)44(4)32-47(7)60(79)61(87-11)59(78)46(6)31-41)45(5)33-49-21-23-55(58(34-49)86-10)89-67(83)75-26-24-52-50(40-75)39-71-66(72-52)74-29-27-73(28-30-74)65-69-37-42(2)38-70-65/h12-14,17-18,32,37-39,41,44-46,48-49,51,53,55-58,60-61,79,84H,15-16,19-31,33-36,40H2,1-11H3/b14-12?,17-13+,43-18?,47-32+/t41-,44-,45-,46-,48-,49+,51+,53+,55-,56+,57+,58-,60-,61+,68-/m1/s1. The Morgan fingerprint density at radius 1 is 0.778 bits per heavy atom. The third-order valence-electron chi connectivity index (χ3n) is 19.5. The van der Waals surface area contributed by atoms with Gasteiger partial charge < -0.3 is 58.2 Å². The number of amides is 2. The first-order valence-corrected chi connectivity index (χ1v) is 32.6. The number of aliphatic hydroxyl groups is 2. The number of nitrogens with zero attached hydrogens (tertiary/aromatic N) is 8.